The summed E-state index contributed by atoms with van der Waals surface area (Å²) in [5.41, 5.74) is -2.28. The van der Waals surface area contributed by atoms with Crippen molar-refractivity contribution in [1.29, 1.82) is 0 Å². The van der Waals surface area contributed by atoms with Crippen molar-refractivity contribution in [3.63, 3.8) is 0 Å². The van der Waals surface area contributed by atoms with Crippen LogP contribution in [0.4, 0.5) is 4.79 Å². The van der Waals surface area contributed by atoms with Crippen molar-refractivity contribution < 1.29 is 32.3 Å². The molecule has 1 aromatic rings. The molecule has 1 saturated heterocycles. The molecule has 4 amide bonds. The highest BCUT2D eigenvalue weighted by Crippen LogP contribution is 2.46. The third-order valence-electron chi connectivity index (χ3n) is 7.74. The summed E-state index contributed by atoms with van der Waals surface area (Å²) in [4.78, 5) is 54.6. The van der Waals surface area contributed by atoms with Gasteiger partial charge in [0, 0.05) is 17.5 Å². The molecule has 1 saturated carbocycles. The van der Waals surface area contributed by atoms with E-state index >= 15 is 0 Å². The van der Waals surface area contributed by atoms with Crippen LogP contribution in [0.2, 0.25) is 10.0 Å². The van der Waals surface area contributed by atoms with Gasteiger partial charge in [-0.15, -0.1) is 0 Å². The van der Waals surface area contributed by atoms with Crippen molar-refractivity contribution in [2.45, 2.75) is 100 Å². The SMILES string of the molecule is CC(C)(C)OC(=O)N[C@H]1CCCCC/C=C\[C@H]2C[C@@]2(C(=O)NS(=O)(=O)c2ccc(Cl)cc2Cl)NC(=O)[C@@H]2CCCN2C1=O. The summed E-state index contributed by atoms with van der Waals surface area (Å²) in [5, 5.41) is 5.55. The van der Waals surface area contributed by atoms with E-state index < -0.39 is 63.0 Å². The van der Waals surface area contributed by atoms with Gasteiger partial charge in [-0.2, -0.15) is 0 Å². The average Bonchev–Trinajstić information content (AvgIpc) is 3.35. The number of fused-ring (bicyclic) bond motifs is 2. The molecule has 3 N–H and O–H groups in total. The second kappa shape index (κ2) is 13.0. The summed E-state index contributed by atoms with van der Waals surface area (Å²) >= 11 is 12.0. The number of nitrogens with one attached hydrogen (secondary N) is 3. The molecular weight excluding hydrogens is 619 g/mol. The van der Waals surface area contributed by atoms with Gasteiger partial charge < -0.3 is 20.3 Å². The summed E-state index contributed by atoms with van der Waals surface area (Å²) in [6.07, 6.45) is 7.46. The maximum absolute atomic E-state index is 13.7. The number of halogens is 2. The number of hydrogen-bond donors (Lipinski definition) is 3. The molecule has 236 valence electrons. The number of carbonyl (C=O) groups excluding carboxylic acids is 4. The summed E-state index contributed by atoms with van der Waals surface area (Å²) in [6.45, 7) is 5.48. The second-order valence-corrected chi connectivity index (χ2v) is 14.7. The number of hydrogen-bond acceptors (Lipinski definition) is 7. The molecule has 2 fully saturated rings. The van der Waals surface area contributed by atoms with Crippen molar-refractivity contribution in [2.24, 2.45) is 5.92 Å². The van der Waals surface area contributed by atoms with E-state index in [4.69, 9.17) is 27.9 Å². The maximum atomic E-state index is 13.7. The van der Waals surface area contributed by atoms with Gasteiger partial charge in [0.15, 0.2) is 0 Å². The fraction of sp³-hybridized carbons (Fsp3) is 0.586. The Morgan fingerprint density at radius 3 is 2.53 bits per heavy atom. The number of amides is 4. The van der Waals surface area contributed by atoms with Crippen molar-refractivity contribution in [3.05, 3.63) is 40.4 Å². The molecule has 43 heavy (non-hydrogen) atoms. The van der Waals surface area contributed by atoms with Gasteiger partial charge in [-0.25, -0.2) is 17.9 Å². The van der Waals surface area contributed by atoms with Crippen LogP contribution in [0.3, 0.4) is 0 Å². The molecule has 1 aromatic carbocycles. The summed E-state index contributed by atoms with van der Waals surface area (Å²) < 4.78 is 33.7. The molecule has 0 aromatic heterocycles. The Bertz CT molecular complexity index is 1410. The van der Waals surface area contributed by atoms with E-state index in [0.717, 1.165) is 12.8 Å². The average molecular weight is 658 g/mol. The Morgan fingerprint density at radius 1 is 1.09 bits per heavy atom. The molecule has 14 heteroatoms. The zero-order chi connectivity index (χ0) is 31.6. The summed E-state index contributed by atoms with van der Waals surface area (Å²) in [5.74, 6) is -2.30. The van der Waals surface area contributed by atoms with Crippen molar-refractivity contribution in [2.75, 3.05) is 6.54 Å². The molecule has 0 spiro atoms. The van der Waals surface area contributed by atoms with E-state index in [0.29, 0.717) is 38.6 Å². The largest absolute Gasteiger partial charge is 0.444 e. The number of nitrogens with zero attached hydrogens (tertiary/aromatic N) is 1. The van der Waals surface area contributed by atoms with Gasteiger partial charge in [-0.3, -0.25) is 14.4 Å². The van der Waals surface area contributed by atoms with Gasteiger partial charge in [0.2, 0.25) is 11.8 Å². The van der Waals surface area contributed by atoms with Gasteiger partial charge in [-0.1, -0.05) is 48.2 Å². The first-order valence-electron chi connectivity index (χ1n) is 14.4. The van der Waals surface area contributed by atoms with E-state index in [-0.39, 0.29) is 21.4 Å². The highest BCUT2D eigenvalue weighted by atomic mass is 35.5. The standard InChI is InChI=1S/C29H38Cl2N4O7S/c1-28(2,3)42-27(39)32-21-11-8-6-4-5-7-10-18-17-29(18,33-24(36)22-12-9-15-35(22)25(21)37)26(38)34-43(40,41)23-14-13-19(30)16-20(23)31/h7,10,13-14,16,18,21-22H,4-6,8-9,11-12,15,17H2,1-3H3,(H,32,39)(H,33,36)(H,34,38)/b10-7-/t18-,21-,22-,29+/m0/s1. The molecule has 0 radical (unpaired) electrons. The van der Waals surface area contributed by atoms with E-state index in [1.54, 1.807) is 20.8 Å². The molecule has 2 heterocycles. The maximum Gasteiger partial charge on any atom is 0.408 e. The van der Waals surface area contributed by atoms with Gasteiger partial charge in [0.25, 0.3) is 15.9 Å². The molecule has 0 bridgehead atoms. The number of alkyl carbamates (subject to hydrolysis) is 1. The van der Waals surface area contributed by atoms with Crippen molar-refractivity contribution in [3.8, 4) is 0 Å². The predicted octanol–water partition coefficient (Wildman–Crippen LogP) is 4.08. The Hall–Kier alpha value is -2.83. The minimum Gasteiger partial charge on any atom is -0.444 e. The molecule has 2 aliphatic heterocycles. The smallest absolute Gasteiger partial charge is 0.408 e. The molecule has 4 atom stereocenters. The minimum absolute atomic E-state index is 0.154. The monoisotopic (exact) mass is 656 g/mol. The van der Waals surface area contributed by atoms with Gasteiger partial charge >= 0.3 is 6.09 Å². The van der Waals surface area contributed by atoms with Crippen LogP contribution in [-0.4, -0.2) is 66.9 Å². The number of rotatable bonds is 4. The van der Waals surface area contributed by atoms with Gasteiger partial charge in [-0.05, 0) is 77.5 Å². The van der Waals surface area contributed by atoms with Crippen molar-refractivity contribution in [1.82, 2.24) is 20.3 Å². The van der Waals surface area contributed by atoms with E-state index in [1.807, 2.05) is 12.2 Å². The number of benzene rings is 1. The lowest BCUT2D eigenvalue weighted by molar-refractivity contribution is -0.141. The topological polar surface area (TPSA) is 151 Å². The quantitative estimate of drug-likeness (QED) is 0.413. The first-order chi connectivity index (χ1) is 20.1. The second-order valence-electron chi connectivity index (χ2n) is 12.2. The van der Waals surface area contributed by atoms with Crippen LogP contribution < -0.4 is 15.4 Å². The van der Waals surface area contributed by atoms with Gasteiger partial charge in [0.1, 0.15) is 28.1 Å². The van der Waals surface area contributed by atoms with Crippen LogP contribution in [0, 0.1) is 5.92 Å². The Labute approximate surface area is 262 Å². The highest BCUT2D eigenvalue weighted by molar-refractivity contribution is 7.90. The summed E-state index contributed by atoms with van der Waals surface area (Å²) in [6, 6.07) is 2.02. The summed E-state index contributed by atoms with van der Waals surface area (Å²) in [7, 11) is -4.39. The van der Waals surface area contributed by atoms with E-state index in [9.17, 15) is 27.6 Å². The highest BCUT2D eigenvalue weighted by Gasteiger charge is 2.61. The number of carbonyl (C=O) groups is 4. The van der Waals surface area contributed by atoms with Crippen LogP contribution in [-0.2, 0) is 29.1 Å². The Morgan fingerprint density at radius 2 is 1.84 bits per heavy atom. The fourth-order valence-corrected chi connectivity index (χ4v) is 7.32. The number of sulfonamides is 1. The van der Waals surface area contributed by atoms with Crippen LogP contribution in [0.25, 0.3) is 0 Å². The molecule has 0 unspecified atom stereocenters. The normalized spacial score (nSPS) is 27.5. The van der Waals surface area contributed by atoms with Crippen LogP contribution >= 0.6 is 23.2 Å². The minimum atomic E-state index is -4.39. The molecular formula is C29H38Cl2N4O7S. The number of ether oxygens (including phenoxy) is 1. The third kappa shape index (κ3) is 8.02. The lowest BCUT2D eigenvalue weighted by atomic mass is 10.0. The first kappa shape index (κ1) is 33.1. The van der Waals surface area contributed by atoms with Crippen molar-refractivity contribution >= 4 is 57.0 Å². The lowest BCUT2D eigenvalue weighted by Gasteiger charge is -2.30. The Balaban J connectivity index is 1.57. The molecule has 4 rings (SSSR count). The predicted molar refractivity (Wildman–Crippen MR) is 161 cm³/mol. The van der Waals surface area contributed by atoms with E-state index in [2.05, 4.69) is 15.4 Å². The molecule has 1 aliphatic carbocycles. The van der Waals surface area contributed by atoms with E-state index in [1.165, 1.54) is 23.1 Å². The zero-order valence-corrected chi connectivity index (χ0v) is 26.8. The van der Waals surface area contributed by atoms with Crippen LogP contribution in [0.15, 0.2) is 35.2 Å². The van der Waals surface area contributed by atoms with Crippen LogP contribution in [0.5, 0.6) is 0 Å². The third-order valence-corrected chi connectivity index (χ3v) is 9.79. The van der Waals surface area contributed by atoms with Crippen LogP contribution in [0.1, 0.15) is 72.1 Å². The fourth-order valence-electron chi connectivity index (χ4n) is 5.50. The number of allylic oxidation sites excluding steroid dienone is 1. The first-order valence-corrected chi connectivity index (χ1v) is 16.7. The lowest BCUT2D eigenvalue weighted by Crippen LogP contribution is -2.58. The zero-order valence-electron chi connectivity index (χ0n) is 24.5. The van der Waals surface area contributed by atoms with Gasteiger partial charge in [0.05, 0.1) is 5.02 Å². The Kier molecular flexibility index (Phi) is 10.0. The molecule has 11 nitrogen and oxygen atoms in total. The molecule has 3 aliphatic rings.